The van der Waals surface area contributed by atoms with Gasteiger partial charge in [-0.1, -0.05) is 12.1 Å². The largest absolute Gasteiger partial charge is 0.506 e. The van der Waals surface area contributed by atoms with Crippen LogP contribution in [0.3, 0.4) is 0 Å². The van der Waals surface area contributed by atoms with Crippen molar-refractivity contribution in [1.82, 2.24) is 4.57 Å². The molecule has 0 saturated heterocycles. The minimum absolute atomic E-state index is 0.198. The molecule has 0 amide bonds. The fourth-order valence-electron chi connectivity index (χ4n) is 1.61. The zero-order valence-corrected chi connectivity index (χ0v) is 8.10. The highest BCUT2D eigenvalue weighted by molar-refractivity contribution is 5.93. The molecule has 1 N–H and O–H groups in total. The van der Waals surface area contributed by atoms with E-state index in [1.165, 1.54) is 4.57 Å². The number of nitrogens with zero attached hydrogens (tertiary/aromatic N) is 1. The van der Waals surface area contributed by atoms with Crippen LogP contribution in [-0.4, -0.2) is 16.0 Å². The van der Waals surface area contributed by atoms with Crippen LogP contribution in [0, 0.1) is 0 Å². The molecule has 0 aliphatic heterocycles. The number of carbonyl (C=O) groups excluding carboxylic acids is 1. The van der Waals surface area contributed by atoms with Crippen LogP contribution in [0.2, 0.25) is 0 Å². The van der Waals surface area contributed by atoms with Gasteiger partial charge in [0, 0.05) is 12.4 Å². The molecule has 76 valence electrons. The van der Waals surface area contributed by atoms with Crippen LogP contribution in [0.5, 0.6) is 5.75 Å². The Balaban J connectivity index is 3.09. The van der Waals surface area contributed by atoms with Gasteiger partial charge in [-0.3, -0.25) is 9.59 Å². The van der Waals surface area contributed by atoms with E-state index in [1.807, 2.05) is 0 Å². The summed E-state index contributed by atoms with van der Waals surface area (Å²) in [5.41, 5.74) is -0.0806. The third-order valence-corrected chi connectivity index (χ3v) is 2.43. The number of para-hydroxylation sites is 1. The number of aromatic nitrogens is 1. The number of hydrogen-bond donors (Lipinski definition) is 1. The molecule has 0 radical (unpaired) electrons. The summed E-state index contributed by atoms with van der Waals surface area (Å²) in [5, 5.41) is 10.2. The molecule has 0 aliphatic carbocycles. The first kappa shape index (κ1) is 9.45. The Hall–Kier alpha value is -2.10. The molecule has 0 fully saturated rings. The van der Waals surface area contributed by atoms with E-state index in [2.05, 4.69) is 0 Å². The number of benzene rings is 1. The van der Waals surface area contributed by atoms with Gasteiger partial charge in [-0.15, -0.1) is 0 Å². The van der Waals surface area contributed by atoms with Crippen molar-refractivity contribution >= 4 is 17.2 Å². The first-order chi connectivity index (χ1) is 7.16. The SMILES string of the molecule is Cn1c(=O)c(C=O)c(O)c2ccccc21. The van der Waals surface area contributed by atoms with Crippen molar-refractivity contribution in [2.45, 2.75) is 0 Å². The maximum Gasteiger partial charge on any atom is 0.265 e. The maximum absolute atomic E-state index is 11.6. The molecule has 15 heavy (non-hydrogen) atoms. The van der Waals surface area contributed by atoms with Crippen molar-refractivity contribution in [1.29, 1.82) is 0 Å². The lowest BCUT2D eigenvalue weighted by Gasteiger charge is -2.07. The molecular formula is C11H9NO3. The van der Waals surface area contributed by atoms with Crippen LogP contribution in [0.15, 0.2) is 29.1 Å². The molecule has 2 rings (SSSR count). The minimum atomic E-state index is -0.485. The molecule has 4 heteroatoms. The topological polar surface area (TPSA) is 59.3 Å². The van der Waals surface area contributed by atoms with Gasteiger partial charge >= 0.3 is 0 Å². The summed E-state index contributed by atoms with van der Waals surface area (Å²) in [7, 11) is 1.57. The van der Waals surface area contributed by atoms with Gasteiger partial charge in [-0.2, -0.15) is 0 Å². The summed E-state index contributed by atoms with van der Waals surface area (Å²) < 4.78 is 1.35. The summed E-state index contributed by atoms with van der Waals surface area (Å²) in [6, 6.07) is 6.88. The van der Waals surface area contributed by atoms with Gasteiger partial charge in [-0.25, -0.2) is 0 Å². The Labute approximate surface area is 85.4 Å². The molecule has 0 spiro atoms. The van der Waals surface area contributed by atoms with Gasteiger partial charge in [0.05, 0.1) is 5.52 Å². The number of aryl methyl sites for hydroxylation is 1. The molecule has 0 aliphatic rings. The van der Waals surface area contributed by atoms with E-state index >= 15 is 0 Å². The molecule has 0 atom stereocenters. The third kappa shape index (κ3) is 1.22. The second-order valence-corrected chi connectivity index (χ2v) is 3.26. The second-order valence-electron chi connectivity index (χ2n) is 3.26. The highest BCUT2D eigenvalue weighted by Gasteiger charge is 2.12. The molecule has 4 nitrogen and oxygen atoms in total. The molecule has 1 heterocycles. The predicted molar refractivity (Wildman–Crippen MR) is 56.2 cm³/mol. The van der Waals surface area contributed by atoms with E-state index in [-0.39, 0.29) is 11.3 Å². The fraction of sp³-hybridized carbons (Fsp3) is 0.0909. The molecular weight excluding hydrogens is 194 g/mol. The number of aromatic hydroxyl groups is 1. The number of aldehydes is 1. The van der Waals surface area contributed by atoms with Crippen LogP contribution < -0.4 is 5.56 Å². The average molecular weight is 203 g/mol. The summed E-state index contributed by atoms with van der Waals surface area (Å²) in [5.74, 6) is -0.247. The lowest BCUT2D eigenvalue weighted by atomic mass is 10.1. The summed E-state index contributed by atoms with van der Waals surface area (Å²) in [4.78, 5) is 22.3. The highest BCUT2D eigenvalue weighted by atomic mass is 16.3. The summed E-state index contributed by atoms with van der Waals surface area (Å²) in [6.07, 6.45) is 0.379. The van der Waals surface area contributed by atoms with E-state index in [9.17, 15) is 14.7 Å². The zero-order chi connectivity index (χ0) is 11.0. The van der Waals surface area contributed by atoms with Crippen LogP contribution >= 0.6 is 0 Å². The second kappa shape index (κ2) is 3.24. The Morgan fingerprint density at radius 3 is 2.67 bits per heavy atom. The van der Waals surface area contributed by atoms with E-state index in [4.69, 9.17) is 0 Å². The molecule has 1 aromatic heterocycles. The van der Waals surface area contributed by atoms with Crippen LogP contribution in [0.25, 0.3) is 10.9 Å². The predicted octanol–water partition coefficient (Wildman–Crippen LogP) is 1.06. The van der Waals surface area contributed by atoms with Crippen molar-refractivity contribution in [2.75, 3.05) is 0 Å². The summed E-state index contributed by atoms with van der Waals surface area (Å²) >= 11 is 0. The van der Waals surface area contributed by atoms with Crippen LogP contribution in [-0.2, 0) is 7.05 Å². The van der Waals surface area contributed by atoms with Crippen LogP contribution in [0.1, 0.15) is 10.4 Å². The standard InChI is InChI=1S/C11H9NO3/c1-12-9-5-3-2-4-7(9)10(14)8(6-13)11(12)15/h2-6,14H,1H3. The Bertz CT molecular complexity index is 599. The van der Waals surface area contributed by atoms with Gasteiger partial charge in [0.25, 0.3) is 5.56 Å². The van der Waals surface area contributed by atoms with Crippen molar-refractivity contribution in [3.63, 3.8) is 0 Å². The normalized spacial score (nSPS) is 10.5. The van der Waals surface area contributed by atoms with E-state index in [1.54, 1.807) is 31.3 Å². The van der Waals surface area contributed by atoms with E-state index in [0.717, 1.165) is 0 Å². The van der Waals surface area contributed by atoms with Crippen LogP contribution in [0.4, 0.5) is 0 Å². The van der Waals surface area contributed by atoms with E-state index in [0.29, 0.717) is 17.2 Å². The maximum atomic E-state index is 11.6. The molecule has 0 bridgehead atoms. The highest BCUT2D eigenvalue weighted by Crippen LogP contribution is 2.24. The van der Waals surface area contributed by atoms with Gasteiger partial charge in [0.15, 0.2) is 6.29 Å². The first-order valence-corrected chi connectivity index (χ1v) is 4.42. The Kier molecular flexibility index (Phi) is 2.04. The third-order valence-electron chi connectivity index (χ3n) is 2.43. The fourth-order valence-corrected chi connectivity index (χ4v) is 1.61. The zero-order valence-electron chi connectivity index (χ0n) is 8.10. The molecule has 1 aromatic carbocycles. The van der Waals surface area contributed by atoms with Gasteiger partial charge < -0.3 is 9.67 Å². The lowest BCUT2D eigenvalue weighted by Crippen LogP contribution is -2.21. The Morgan fingerprint density at radius 1 is 1.33 bits per heavy atom. The smallest absolute Gasteiger partial charge is 0.265 e. The number of hydrogen-bond acceptors (Lipinski definition) is 3. The first-order valence-electron chi connectivity index (χ1n) is 4.42. The quantitative estimate of drug-likeness (QED) is 0.705. The van der Waals surface area contributed by atoms with Crippen molar-refractivity contribution in [3.05, 3.63) is 40.2 Å². The Morgan fingerprint density at radius 2 is 2.00 bits per heavy atom. The molecule has 0 saturated carbocycles. The minimum Gasteiger partial charge on any atom is -0.506 e. The van der Waals surface area contributed by atoms with Crippen molar-refractivity contribution in [2.24, 2.45) is 7.05 Å². The summed E-state index contributed by atoms with van der Waals surface area (Å²) in [6.45, 7) is 0. The monoisotopic (exact) mass is 203 g/mol. The molecule has 0 unspecified atom stereocenters. The van der Waals surface area contributed by atoms with Gasteiger partial charge in [0.2, 0.25) is 0 Å². The van der Waals surface area contributed by atoms with Gasteiger partial charge in [0.1, 0.15) is 11.3 Å². The lowest BCUT2D eigenvalue weighted by molar-refractivity contribution is 0.111. The number of fused-ring (bicyclic) bond motifs is 1. The van der Waals surface area contributed by atoms with Gasteiger partial charge in [-0.05, 0) is 12.1 Å². The average Bonchev–Trinajstić information content (AvgIpc) is 2.27. The van der Waals surface area contributed by atoms with Crippen molar-refractivity contribution in [3.8, 4) is 5.75 Å². The number of pyridine rings is 1. The van der Waals surface area contributed by atoms with Crippen molar-refractivity contribution < 1.29 is 9.90 Å². The number of carbonyl (C=O) groups is 1. The molecule has 2 aromatic rings. The number of rotatable bonds is 1. The van der Waals surface area contributed by atoms with E-state index < -0.39 is 5.56 Å².